The monoisotopic (exact) mass is 364 g/mol. The van der Waals surface area contributed by atoms with Gasteiger partial charge in [-0.1, -0.05) is 48.7 Å². The Balaban J connectivity index is 1.94. The maximum absolute atomic E-state index is 12.0. The van der Waals surface area contributed by atoms with Crippen LogP contribution in [-0.2, 0) is 16.0 Å². The summed E-state index contributed by atoms with van der Waals surface area (Å²) in [4.78, 5) is 23.9. The van der Waals surface area contributed by atoms with Gasteiger partial charge in [-0.05, 0) is 48.7 Å². The van der Waals surface area contributed by atoms with Gasteiger partial charge in [-0.25, -0.2) is 0 Å². The lowest BCUT2D eigenvalue weighted by Gasteiger charge is -2.09. The van der Waals surface area contributed by atoms with Gasteiger partial charge in [0.15, 0.2) is 0 Å². The average molecular weight is 365 g/mol. The molecule has 2 N–H and O–H groups in total. The van der Waals surface area contributed by atoms with Gasteiger partial charge in [-0.2, -0.15) is 0 Å². The zero-order valence-electron chi connectivity index (χ0n) is 13.2. The van der Waals surface area contributed by atoms with E-state index in [0.29, 0.717) is 16.4 Å². The van der Waals surface area contributed by atoms with Crippen molar-refractivity contribution in [1.82, 2.24) is 0 Å². The van der Waals surface area contributed by atoms with E-state index >= 15 is 0 Å². The summed E-state index contributed by atoms with van der Waals surface area (Å²) >= 11 is 11.8. The average Bonchev–Trinajstić information content (AvgIpc) is 2.56. The van der Waals surface area contributed by atoms with Gasteiger partial charge in [0, 0.05) is 10.7 Å². The van der Waals surface area contributed by atoms with Crippen LogP contribution in [0.3, 0.4) is 0 Å². The van der Waals surface area contributed by atoms with Crippen molar-refractivity contribution in [1.29, 1.82) is 0 Å². The molecular weight excluding hydrogens is 347 g/mol. The predicted octanol–water partition coefficient (Wildman–Crippen LogP) is 4.91. The van der Waals surface area contributed by atoms with Crippen LogP contribution in [0.4, 0.5) is 11.4 Å². The first-order valence-corrected chi connectivity index (χ1v) is 8.41. The highest BCUT2D eigenvalue weighted by Gasteiger charge is 2.15. The molecule has 0 saturated heterocycles. The minimum absolute atomic E-state index is 0.268. The van der Waals surface area contributed by atoms with Gasteiger partial charge in [-0.15, -0.1) is 0 Å². The molecule has 6 heteroatoms. The van der Waals surface area contributed by atoms with Crippen molar-refractivity contribution >= 4 is 46.4 Å². The summed E-state index contributed by atoms with van der Waals surface area (Å²) in [5.74, 6) is -1.56. The van der Waals surface area contributed by atoms with Gasteiger partial charge in [-0.3, -0.25) is 9.59 Å². The molecule has 0 aromatic heterocycles. The number of amides is 2. The number of benzene rings is 2. The number of nitrogens with one attached hydrogen (secondary N) is 2. The minimum atomic E-state index is -0.797. The second kappa shape index (κ2) is 8.71. The summed E-state index contributed by atoms with van der Waals surface area (Å²) in [7, 11) is 0. The van der Waals surface area contributed by atoms with Crippen LogP contribution < -0.4 is 10.6 Å². The first-order chi connectivity index (χ1) is 11.5. The summed E-state index contributed by atoms with van der Waals surface area (Å²) in [6.45, 7) is 2.14. The highest BCUT2D eigenvalue weighted by molar-refractivity contribution is 6.45. The maximum Gasteiger partial charge on any atom is 0.314 e. The SMILES string of the molecule is CCCCc1ccc(NC(=O)C(=O)Nc2ccc(Cl)cc2Cl)cc1. The largest absolute Gasteiger partial charge is 0.318 e. The smallest absolute Gasteiger partial charge is 0.314 e. The molecule has 2 aromatic rings. The number of hydrogen-bond donors (Lipinski definition) is 2. The van der Waals surface area contributed by atoms with Crippen LogP contribution in [0.25, 0.3) is 0 Å². The van der Waals surface area contributed by atoms with Gasteiger partial charge >= 0.3 is 11.8 Å². The first-order valence-electron chi connectivity index (χ1n) is 7.66. The normalized spacial score (nSPS) is 10.3. The molecule has 0 fully saturated rings. The fourth-order valence-electron chi connectivity index (χ4n) is 2.09. The standard InChI is InChI=1S/C18H18Cl2N2O2/c1-2-3-4-12-5-8-14(9-6-12)21-17(23)18(24)22-16-10-7-13(19)11-15(16)20/h5-11H,2-4H2,1H3,(H,21,23)(H,22,24). The molecule has 0 aliphatic carbocycles. The lowest BCUT2D eigenvalue weighted by atomic mass is 10.1. The molecule has 0 aliphatic rings. The number of unbranched alkanes of at least 4 members (excludes halogenated alkanes) is 1. The summed E-state index contributed by atoms with van der Waals surface area (Å²) < 4.78 is 0. The van der Waals surface area contributed by atoms with E-state index in [0.717, 1.165) is 19.3 Å². The molecule has 4 nitrogen and oxygen atoms in total. The van der Waals surface area contributed by atoms with Gasteiger partial charge in [0.1, 0.15) is 0 Å². The zero-order valence-corrected chi connectivity index (χ0v) is 14.7. The fraction of sp³-hybridized carbons (Fsp3) is 0.222. The molecule has 0 saturated carbocycles. The van der Waals surface area contributed by atoms with E-state index in [9.17, 15) is 9.59 Å². The molecule has 2 amide bonds. The van der Waals surface area contributed by atoms with Crippen LogP contribution in [0.2, 0.25) is 10.0 Å². The summed E-state index contributed by atoms with van der Waals surface area (Å²) in [5.41, 5.74) is 2.10. The topological polar surface area (TPSA) is 58.2 Å². The molecule has 24 heavy (non-hydrogen) atoms. The third-order valence-electron chi connectivity index (χ3n) is 3.42. The molecule has 0 atom stereocenters. The van der Waals surface area contributed by atoms with E-state index in [-0.39, 0.29) is 5.02 Å². The van der Waals surface area contributed by atoms with Gasteiger partial charge < -0.3 is 10.6 Å². The van der Waals surface area contributed by atoms with Crippen LogP contribution in [0.1, 0.15) is 25.3 Å². The predicted molar refractivity (Wildman–Crippen MR) is 98.8 cm³/mol. The highest BCUT2D eigenvalue weighted by Crippen LogP contribution is 2.25. The second-order valence-electron chi connectivity index (χ2n) is 5.33. The lowest BCUT2D eigenvalue weighted by molar-refractivity contribution is -0.132. The van der Waals surface area contributed by atoms with Crippen molar-refractivity contribution in [3.8, 4) is 0 Å². The third-order valence-corrected chi connectivity index (χ3v) is 3.96. The van der Waals surface area contributed by atoms with E-state index in [4.69, 9.17) is 23.2 Å². The number of carbonyl (C=O) groups is 2. The molecule has 0 radical (unpaired) electrons. The second-order valence-corrected chi connectivity index (χ2v) is 6.18. The fourth-order valence-corrected chi connectivity index (χ4v) is 2.55. The Morgan fingerprint density at radius 1 is 0.958 bits per heavy atom. The van der Waals surface area contributed by atoms with E-state index in [1.165, 1.54) is 11.6 Å². The molecule has 0 aliphatic heterocycles. The van der Waals surface area contributed by atoms with E-state index < -0.39 is 11.8 Å². The number of anilines is 2. The minimum Gasteiger partial charge on any atom is -0.318 e. The molecule has 2 aromatic carbocycles. The Labute approximate surface area is 151 Å². The van der Waals surface area contributed by atoms with Crippen molar-refractivity contribution in [2.45, 2.75) is 26.2 Å². The van der Waals surface area contributed by atoms with Gasteiger partial charge in [0.2, 0.25) is 0 Å². The Kier molecular flexibility index (Phi) is 6.64. The quantitative estimate of drug-likeness (QED) is 0.740. The first kappa shape index (κ1) is 18.3. The number of hydrogen-bond acceptors (Lipinski definition) is 2. The maximum atomic E-state index is 12.0. The van der Waals surface area contributed by atoms with Crippen LogP contribution in [0.15, 0.2) is 42.5 Å². The molecule has 2 rings (SSSR count). The number of rotatable bonds is 5. The van der Waals surface area contributed by atoms with Crippen LogP contribution in [-0.4, -0.2) is 11.8 Å². The Morgan fingerprint density at radius 3 is 2.25 bits per heavy atom. The van der Waals surface area contributed by atoms with Crippen molar-refractivity contribution in [2.24, 2.45) is 0 Å². The number of carbonyl (C=O) groups excluding carboxylic acids is 2. The Hall–Kier alpha value is -2.04. The summed E-state index contributed by atoms with van der Waals surface area (Å²) in [6.07, 6.45) is 3.25. The van der Waals surface area contributed by atoms with Gasteiger partial charge in [0.25, 0.3) is 0 Å². The van der Waals surface area contributed by atoms with Crippen LogP contribution >= 0.6 is 23.2 Å². The number of halogens is 2. The third kappa shape index (κ3) is 5.25. The molecular formula is C18H18Cl2N2O2. The molecule has 126 valence electrons. The molecule has 0 spiro atoms. The summed E-state index contributed by atoms with van der Waals surface area (Å²) in [6, 6.07) is 12.1. The van der Waals surface area contributed by atoms with Crippen molar-refractivity contribution < 1.29 is 9.59 Å². The Bertz CT molecular complexity index is 730. The molecule has 0 bridgehead atoms. The van der Waals surface area contributed by atoms with Crippen molar-refractivity contribution in [3.63, 3.8) is 0 Å². The van der Waals surface area contributed by atoms with E-state index in [1.807, 2.05) is 12.1 Å². The van der Waals surface area contributed by atoms with Crippen molar-refractivity contribution in [3.05, 3.63) is 58.1 Å². The number of aryl methyl sites for hydroxylation is 1. The Morgan fingerprint density at radius 2 is 1.62 bits per heavy atom. The van der Waals surface area contributed by atoms with Gasteiger partial charge in [0.05, 0.1) is 10.7 Å². The van der Waals surface area contributed by atoms with E-state index in [1.54, 1.807) is 24.3 Å². The lowest BCUT2D eigenvalue weighted by Crippen LogP contribution is -2.29. The summed E-state index contributed by atoms with van der Waals surface area (Å²) in [5, 5.41) is 5.73. The zero-order chi connectivity index (χ0) is 17.5. The van der Waals surface area contributed by atoms with E-state index in [2.05, 4.69) is 17.6 Å². The van der Waals surface area contributed by atoms with Crippen LogP contribution in [0.5, 0.6) is 0 Å². The molecule has 0 heterocycles. The van der Waals surface area contributed by atoms with Crippen molar-refractivity contribution in [2.75, 3.05) is 10.6 Å². The molecule has 0 unspecified atom stereocenters. The van der Waals surface area contributed by atoms with Crippen LogP contribution in [0, 0.1) is 0 Å². The highest BCUT2D eigenvalue weighted by atomic mass is 35.5.